The van der Waals surface area contributed by atoms with E-state index in [9.17, 15) is 14.4 Å². The third kappa shape index (κ3) is 2.54. The number of carboxylic acids is 1. The molecule has 20 heavy (non-hydrogen) atoms. The third-order valence-corrected chi connectivity index (χ3v) is 3.04. The molecule has 2 rings (SSSR count). The van der Waals surface area contributed by atoms with Crippen molar-refractivity contribution < 1.29 is 14.7 Å². The number of carbonyl (C=O) groups excluding carboxylic acids is 1. The molecule has 1 aromatic heterocycles. The van der Waals surface area contributed by atoms with Crippen LogP contribution in [0.5, 0.6) is 0 Å². The van der Waals surface area contributed by atoms with Gasteiger partial charge in [-0.3, -0.25) is 9.59 Å². The van der Waals surface area contributed by atoms with Gasteiger partial charge in [0.15, 0.2) is 0 Å². The van der Waals surface area contributed by atoms with Crippen molar-refractivity contribution >= 4 is 22.8 Å². The van der Waals surface area contributed by atoms with Crippen molar-refractivity contribution in [1.29, 1.82) is 0 Å². The summed E-state index contributed by atoms with van der Waals surface area (Å²) in [6.07, 6.45) is 1.54. The highest BCUT2D eigenvalue weighted by Gasteiger charge is 2.20. The van der Waals surface area contributed by atoms with E-state index in [4.69, 9.17) is 5.11 Å². The van der Waals surface area contributed by atoms with E-state index in [-0.39, 0.29) is 12.0 Å². The first-order chi connectivity index (χ1) is 9.54. The van der Waals surface area contributed by atoms with Crippen molar-refractivity contribution in [2.24, 2.45) is 0 Å². The van der Waals surface area contributed by atoms with Gasteiger partial charge in [0.1, 0.15) is 11.6 Å². The molecule has 0 aliphatic heterocycles. The Morgan fingerprint density at radius 1 is 1.35 bits per heavy atom. The first-order valence-electron chi connectivity index (χ1n) is 6.18. The van der Waals surface area contributed by atoms with E-state index >= 15 is 0 Å². The van der Waals surface area contributed by atoms with Crippen molar-refractivity contribution in [3.8, 4) is 0 Å². The van der Waals surface area contributed by atoms with Crippen molar-refractivity contribution in [2.75, 3.05) is 0 Å². The molecule has 1 aromatic carbocycles. The standard InChI is InChI=1S/C14H14N2O4/c1-2-10(14(19)20)16-13(18)9-7-15-11-6-4-3-5-8(11)12(9)17/h3-7,10H,2H2,1H3,(H,15,17)(H,16,18)(H,19,20). The molecule has 0 spiro atoms. The summed E-state index contributed by atoms with van der Waals surface area (Å²) in [7, 11) is 0. The van der Waals surface area contributed by atoms with Crippen LogP contribution in [-0.2, 0) is 4.79 Å². The van der Waals surface area contributed by atoms with E-state index in [0.717, 1.165) is 0 Å². The molecule has 1 amide bonds. The molecule has 2 aromatic rings. The molecule has 0 aliphatic carbocycles. The average molecular weight is 274 g/mol. The predicted molar refractivity (Wildman–Crippen MR) is 73.7 cm³/mol. The number of para-hydroxylation sites is 1. The molecule has 0 saturated heterocycles. The normalized spacial score (nSPS) is 12.1. The molecule has 0 saturated carbocycles. The topological polar surface area (TPSA) is 99.3 Å². The molecule has 0 aliphatic rings. The zero-order valence-corrected chi connectivity index (χ0v) is 10.8. The van der Waals surface area contributed by atoms with Gasteiger partial charge in [0, 0.05) is 17.1 Å². The van der Waals surface area contributed by atoms with Gasteiger partial charge in [-0.25, -0.2) is 4.79 Å². The monoisotopic (exact) mass is 274 g/mol. The molecule has 0 radical (unpaired) electrons. The maximum absolute atomic E-state index is 12.2. The minimum atomic E-state index is -1.13. The zero-order chi connectivity index (χ0) is 14.7. The summed E-state index contributed by atoms with van der Waals surface area (Å²) >= 11 is 0. The summed E-state index contributed by atoms with van der Waals surface area (Å²) in [5.41, 5.74) is 0.111. The summed E-state index contributed by atoms with van der Waals surface area (Å²) in [6, 6.07) is 5.80. The van der Waals surface area contributed by atoms with E-state index in [2.05, 4.69) is 10.3 Å². The molecular formula is C14H14N2O4. The number of carbonyl (C=O) groups is 2. The second-order valence-electron chi connectivity index (χ2n) is 4.35. The molecule has 6 nitrogen and oxygen atoms in total. The van der Waals surface area contributed by atoms with Crippen LogP contribution in [0.3, 0.4) is 0 Å². The maximum atomic E-state index is 12.2. The lowest BCUT2D eigenvalue weighted by atomic mass is 10.1. The fraction of sp³-hybridized carbons (Fsp3) is 0.214. The lowest BCUT2D eigenvalue weighted by molar-refractivity contribution is -0.139. The van der Waals surface area contributed by atoms with Crippen molar-refractivity contribution in [2.45, 2.75) is 19.4 Å². The maximum Gasteiger partial charge on any atom is 0.326 e. The van der Waals surface area contributed by atoms with Gasteiger partial charge in [-0.15, -0.1) is 0 Å². The highest BCUT2D eigenvalue weighted by atomic mass is 16.4. The first-order valence-corrected chi connectivity index (χ1v) is 6.18. The number of hydrogen-bond donors (Lipinski definition) is 3. The van der Waals surface area contributed by atoms with Crippen LogP contribution in [0.2, 0.25) is 0 Å². The average Bonchev–Trinajstić information content (AvgIpc) is 2.44. The van der Waals surface area contributed by atoms with Crippen LogP contribution in [-0.4, -0.2) is 28.0 Å². The zero-order valence-electron chi connectivity index (χ0n) is 10.8. The van der Waals surface area contributed by atoms with Crippen LogP contribution in [0.15, 0.2) is 35.3 Å². The smallest absolute Gasteiger partial charge is 0.326 e. The van der Waals surface area contributed by atoms with E-state index in [1.54, 1.807) is 31.2 Å². The van der Waals surface area contributed by atoms with Gasteiger partial charge in [-0.2, -0.15) is 0 Å². The van der Waals surface area contributed by atoms with Gasteiger partial charge in [0.05, 0.1) is 0 Å². The second-order valence-corrected chi connectivity index (χ2v) is 4.35. The van der Waals surface area contributed by atoms with Gasteiger partial charge < -0.3 is 15.4 Å². The summed E-state index contributed by atoms with van der Waals surface area (Å²) in [6.45, 7) is 1.64. The van der Waals surface area contributed by atoms with E-state index in [1.165, 1.54) is 6.20 Å². The van der Waals surface area contributed by atoms with Gasteiger partial charge in [0.2, 0.25) is 5.43 Å². The number of benzene rings is 1. The Labute approximate surface area is 114 Å². The van der Waals surface area contributed by atoms with Gasteiger partial charge >= 0.3 is 5.97 Å². The lowest BCUT2D eigenvalue weighted by Gasteiger charge is -2.12. The Kier molecular flexibility index (Phi) is 3.84. The Bertz CT molecular complexity index is 720. The highest BCUT2D eigenvalue weighted by molar-refractivity contribution is 5.98. The van der Waals surface area contributed by atoms with E-state index in [1.807, 2.05) is 0 Å². The molecule has 3 N–H and O–H groups in total. The van der Waals surface area contributed by atoms with Crippen LogP contribution in [0, 0.1) is 0 Å². The van der Waals surface area contributed by atoms with Crippen LogP contribution in [0.1, 0.15) is 23.7 Å². The number of H-pyrrole nitrogens is 1. The fourth-order valence-electron chi connectivity index (χ4n) is 1.91. The quantitative estimate of drug-likeness (QED) is 0.778. The Hall–Kier alpha value is -2.63. The number of nitrogens with one attached hydrogen (secondary N) is 2. The van der Waals surface area contributed by atoms with Crippen LogP contribution >= 0.6 is 0 Å². The van der Waals surface area contributed by atoms with Crippen molar-refractivity contribution in [1.82, 2.24) is 10.3 Å². The predicted octanol–water partition coefficient (Wildman–Crippen LogP) is 1.12. The van der Waals surface area contributed by atoms with Crippen LogP contribution < -0.4 is 10.7 Å². The fourth-order valence-corrected chi connectivity index (χ4v) is 1.91. The summed E-state index contributed by atoms with van der Waals surface area (Å²) in [5.74, 6) is -1.82. The third-order valence-electron chi connectivity index (χ3n) is 3.04. The lowest BCUT2D eigenvalue weighted by Crippen LogP contribution is -2.41. The molecule has 1 atom stereocenters. The van der Waals surface area contributed by atoms with Crippen LogP contribution in [0.25, 0.3) is 10.9 Å². The Balaban J connectivity index is 2.38. The number of aromatic nitrogens is 1. The number of aromatic amines is 1. The number of hydrogen-bond acceptors (Lipinski definition) is 3. The van der Waals surface area contributed by atoms with Gasteiger partial charge in [-0.05, 0) is 18.6 Å². The first kappa shape index (κ1) is 13.8. The molecule has 0 fully saturated rings. The minimum absolute atomic E-state index is 0.0941. The molecule has 6 heteroatoms. The Morgan fingerprint density at radius 3 is 2.70 bits per heavy atom. The van der Waals surface area contributed by atoms with Crippen LogP contribution in [0.4, 0.5) is 0 Å². The SMILES string of the molecule is CCC(NC(=O)c1c[nH]c2ccccc2c1=O)C(=O)O. The molecule has 1 heterocycles. The second kappa shape index (κ2) is 5.56. The summed E-state index contributed by atoms with van der Waals surface area (Å²) < 4.78 is 0. The minimum Gasteiger partial charge on any atom is -0.480 e. The summed E-state index contributed by atoms with van der Waals surface area (Å²) in [5, 5.41) is 11.6. The number of pyridine rings is 1. The number of carboxylic acid groups (broad SMARTS) is 1. The van der Waals surface area contributed by atoms with Gasteiger partial charge in [0.25, 0.3) is 5.91 Å². The highest BCUT2D eigenvalue weighted by Crippen LogP contribution is 2.07. The van der Waals surface area contributed by atoms with Crippen molar-refractivity contribution in [3.05, 3.63) is 46.2 Å². The molecule has 1 unspecified atom stereocenters. The number of rotatable bonds is 4. The number of aliphatic carboxylic acids is 1. The molecular weight excluding hydrogens is 260 g/mol. The van der Waals surface area contributed by atoms with E-state index in [0.29, 0.717) is 10.9 Å². The number of fused-ring (bicyclic) bond motifs is 1. The summed E-state index contributed by atoms with van der Waals surface area (Å²) in [4.78, 5) is 37.9. The van der Waals surface area contributed by atoms with Gasteiger partial charge in [-0.1, -0.05) is 19.1 Å². The molecule has 104 valence electrons. The number of amides is 1. The van der Waals surface area contributed by atoms with E-state index < -0.39 is 23.3 Å². The Morgan fingerprint density at radius 2 is 2.05 bits per heavy atom. The van der Waals surface area contributed by atoms with Crippen molar-refractivity contribution in [3.63, 3.8) is 0 Å². The molecule has 0 bridgehead atoms. The largest absolute Gasteiger partial charge is 0.480 e.